The molecule has 2 aromatic carbocycles. The van der Waals surface area contributed by atoms with Crippen LogP contribution in [0.4, 0.5) is 10.1 Å². The van der Waals surface area contributed by atoms with Crippen molar-refractivity contribution in [1.29, 1.82) is 0 Å². The van der Waals surface area contributed by atoms with Gasteiger partial charge in [-0.3, -0.25) is 4.79 Å². The third-order valence-corrected chi connectivity index (χ3v) is 4.53. The molecule has 2 aromatic rings. The summed E-state index contributed by atoms with van der Waals surface area (Å²) in [6, 6.07) is 14.4. The van der Waals surface area contributed by atoms with E-state index in [-0.39, 0.29) is 11.5 Å². The zero-order valence-corrected chi connectivity index (χ0v) is 14.0. The van der Waals surface area contributed by atoms with Crippen molar-refractivity contribution >= 4 is 11.6 Å². The molecule has 24 heavy (non-hydrogen) atoms. The zero-order valence-electron chi connectivity index (χ0n) is 14.0. The van der Waals surface area contributed by atoms with E-state index in [0.29, 0.717) is 6.54 Å². The Hall–Kier alpha value is -2.36. The molecule has 1 aliphatic rings. The lowest BCUT2D eigenvalue weighted by Crippen LogP contribution is -2.29. The van der Waals surface area contributed by atoms with Crippen molar-refractivity contribution in [3.8, 4) is 0 Å². The minimum Gasteiger partial charge on any atom is -0.372 e. The molecule has 1 saturated heterocycles. The van der Waals surface area contributed by atoms with E-state index in [0.717, 1.165) is 18.7 Å². The molecular weight excluding hydrogens is 303 g/mol. The highest BCUT2D eigenvalue weighted by atomic mass is 19.1. The number of carbonyl (C=O) groups is 1. The number of anilines is 1. The molecule has 0 saturated carbocycles. The van der Waals surface area contributed by atoms with E-state index in [1.807, 2.05) is 0 Å². The number of halogens is 1. The number of rotatable bonds is 4. The summed E-state index contributed by atoms with van der Waals surface area (Å²) in [6.45, 7) is 2.70. The van der Waals surface area contributed by atoms with Crippen molar-refractivity contribution in [2.45, 2.75) is 25.8 Å². The smallest absolute Gasteiger partial charge is 0.256 e. The zero-order chi connectivity index (χ0) is 16.9. The Balaban J connectivity index is 1.65. The molecule has 0 aliphatic carbocycles. The minimum atomic E-state index is -0.477. The highest BCUT2D eigenvalue weighted by Gasteiger charge is 2.16. The first-order valence-corrected chi connectivity index (χ1v) is 8.49. The predicted molar refractivity (Wildman–Crippen MR) is 94.7 cm³/mol. The number of amides is 1. The van der Waals surface area contributed by atoms with Crippen LogP contribution in [0.15, 0.2) is 48.5 Å². The molecule has 4 heteroatoms. The van der Waals surface area contributed by atoms with Crippen LogP contribution in [0.25, 0.3) is 0 Å². The van der Waals surface area contributed by atoms with E-state index in [4.69, 9.17) is 0 Å². The molecule has 1 heterocycles. The summed E-state index contributed by atoms with van der Waals surface area (Å²) in [5.41, 5.74) is 2.40. The van der Waals surface area contributed by atoms with Crippen LogP contribution in [0.2, 0.25) is 0 Å². The lowest BCUT2D eigenvalue weighted by atomic mass is 10.1. The van der Waals surface area contributed by atoms with Crippen molar-refractivity contribution in [1.82, 2.24) is 4.90 Å². The van der Waals surface area contributed by atoms with Crippen LogP contribution in [0.5, 0.6) is 0 Å². The van der Waals surface area contributed by atoms with Gasteiger partial charge in [0.15, 0.2) is 0 Å². The Labute approximate surface area is 142 Å². The molecule has 0 spiro atoms. The van der Waals surface area contributed by atoms with Crippen LogP contribution in [-0.2, 0) is 6.54 Å². The van der Waals surface area contributed by atoms with E-state index in [1.54, 1.807) is 24.1 Å². The number of benzene rings is 2. The van der Waals surface area contributed by atoms with E-state index >= 15 is 0 Å². The van der Waals surface area contributed by atoms with Gasteiger partial charge in [-0.25, -0.2) is 4.39 Å². The van der Waals surface area contributed by atoms with Gasteiger partial charge in [0.1, 0.15) is 5.82 Å². The Kier molecular flexibility index (Phi) is 5.14. The maximum absolute atomic E-state index is 13.7. The average molecular weight is 326 g/mol. The van der Waals surface area contributed by atoms with Gasteiger partial charge in [0.05, 0.1) is 5.56 Å². The van der Waals surface area contributed by atoms with Gasteiger partial charge in [-0.1, -0.05) is 24.3 Å². The van der Waals surface area contributed by atoms with Crippen molar-refractivity contribution in [2.24, 2.45) is 0 Å². The van der Waals surface area contributed by atoms with Gasteiger partial charge in [0, 0.05) is 32.4 Å². The Morgan fingerprint density at radius 2 is 1.71 bits per heavy atom. The number of hydrogen-bond donors (Lipinski definition) is 0. The fraction of sp³-hybridized carbons (Fsp3) is 0.350. The highest BCUT2D eigenvalue weighted by molar-refractivity contribution is 5.94. The first-order valence-electron chi connectivity index (χ1n) is 8.49. The largest absolute Gasteiger partial charge is 0.372 e. The Bertz CT molecular complexity index is 693. The number of hydrogen-bond acceptors (Lipinski definition) is 2. The number of nitrogens with zero attached hydrogens (tertiary/aromatic N) is 2. The molecule has 0 aromatic heterocycles. The second kappa shape index (κ2) is 7.47. The van der Waals surface area contributed by atoms with Gasteiger partial charge in [0.2, 0.25) is 0 Å². The van der Waals surface area contributed by atoms with Crippen molar-refractivity contribution in [2.75, 3.05) is 25.0 Å². The summed E-state index contributed by atoms with van der Waals surface area (Å²) in [7, 11) is 1.70. The van der Waals surface area contributed by atoms with Gasteiger partial charge in [0.25, 0.3) is 5.91 Å². The quantitative estimate of drug-likeness (QED) is 0.845. The van der Waals surface area contributed by atoms with Crippen LogP contribution in [0, 0.1) is 5.82 Å². The van der Waals surface area contributed by atoms with Crippen LogP contribution in [0.1, 0.15) is 35.2 Å². The molecule has 1 amide bonds. The fourth-order valence-electron chi connectivity index (χ4n) is 3.15. The van der Waals surface area contributed by atoms with Gasteiger partial charge < -0.3 is 9.80 Å². The van der Waals surface area contributed by atoms with Gasteiger partial charge in [-0.2, -0.15) is 0 Å². The summed E-state index contributed by atoms with van der Waals surface area (Å²) in [5, 5.41) is 0. The maximum Gasteiger partial charge on any atom is 0.256 e. The third kappa shape index (κ3) is 3.75. The molecule has 0 radical (unpaired) electrons. The normalized spacial score (nSPS) is 14.5. The molecule has 1 fully saturated rings. The summed E-state index contributed by atoms with van der Waals surface area (Å²) < 4.78 is 13.7. The van der Waals surface area contributed by atoms with Gasteiger partial charge >= 0.3 is 0 Å². The van der Waals surface area contributed by atoms with E-state index in [9.17, 15) is 9.18 Å². The number of piperidine rings is 1. The van der Waals surface area contributed by atoms with Gasteiger partial charge in [-0.05, 0) is 49.1 Å². The highest BCUT2D eigenvalue weighted by Crippen LogP contribution is 2.21. The van der Waals surface area contributed by atoms with E-state index in [2.05, 4.69) is 29.2 Å². The third-order valence-electron chi connectivity index (χ3n) is 4.53. The Morgan fingerprint density at radius 3 is 2.38 bits per heavy atom. The molecule has 3 rings (SSSR count). The summed E-state index contributed by atoms with van der Waals surface area (Å²) >= 11 is 0. The SMILES string of the molecule is CN(Cc1ccc(N2CCCCC2)cc1)C(=O)c1ccccc1F. The van der Waals surface area contributed by atoms with Crippen molar-refractivity contribution in [3.63, 3.8) is 0 Å². The first-order chi connectivity index (χ1) is 11.6. The monoisotopic (exact) mass is 326 g/mol. The Morgan fingerprint density at radius 1 is 1.04 bits per heavy atom. The molecule has 0 atom stereocenters. The summed E-state index contributed by atoms with van der Waals surface area (Å²) in [5.74, 6) is -0.775. The average Bonchev–Trinajstić information content (AvgIpc) is 2.63. The molecule has 0 unspecified atom stereocenters. The van der Waals surface area contributed by atoms with Crippen LogP contribution in [-0.4, -0.2) is 30.9 Å². The second-order valence-corrected chi connectivity index (χ2v) is 6.36. The predicted octanol–water partition coefficient (Wildman–Crippen LogP) is 4.09. The minimum absolute atomic E-state index is 0.116. The molecule has 126 valence electrons. The molecular formula is C20H23FN2O. The van der Waals surface area contributed by atoms with Crippen LogP contribution in [0.3, 0.4) is 0 Å². The molecule has 0 bridgehead atoms. The fourth-order valence-corrected chi connectivity index (χ4v) is 3.15. The molecule has 1 aliphatic heterocycles. The topological polar surface area (TPSA) is 23.6 Å². The van der Waals surface area contributed by atoms with Crippen LogP contribution < -0.4 is 4.90 Å². The van der Waals surface area contributed by atoms with Crippen molar-refractivity contribution < 1.29 is 9.18 Å². The maximum atomic E-state index is 13.7. The van der Waals surface area contributed by atoms with Crippen LogP contribution >= 0.6 is 0 Å². The van der Waals surface area contributed by atoms with E-state index in [1.165, 1.54) is 37.1 Å². The summed E-state index contributed by atoms with van der Waals surface area (Å²) in [6.07, 6.45) is 3.82. The molecule has 3 nitrogen and oxygen atoms in total. The lowest BCUT2D eigenvalue weighted by molar-refractivity contribution is 0.0780. The lowest BCUT2D eigenvalue weighted by Gasteiger charge is -2.29. The summed E-state index contributed by atoms with van der Waals surface area (Å²) in [4.78, 5) is 16.3. The van der Waals surface area contributed by atoms with Crippen molar-refractivity contribution in [3.05, 3.63) is 65.5 Å². The second-order valence-electron chi connectivity index (χ2n) is 6.36. The molecule has 0 N–H and O–H groups in total. The first kappa shape index (κ1) is 16.5. The number of carbonyl (C=O) groups excluding carboxylic acids is 1. The van der Waals surface area contributed by atoms with E-state index < -0.39 is 5.82 Å². The standard InChI is InChI=1S/C20H23FN2O/c1-22(20(24)18-7-3-4-8-19(18)21)15-16-9-11-17(12-10-16)23-13-5-2-6-14-23/h3-4,7-12H,2,5-6,13-15H2,1H3. The van der Waals surface area contributed by atoms with Gasteiger partial charge in [-0.15, -0.1) is 0 Å².